The fraction of sp³-hybridized carbons (Fsp3) is 0.150. The summed E-state index contributed by atoms with van der Waals surface area (Å²) in [5.41, 5.74) is 7.99. The molecule has 0 bridgehead atoms. The molecule has 7 heteroatoms. The number of aliphatic imine (C=N–C) groups is 1. The molecule has 0 saturated heterocycles. The first-order valence-corrected chi connectivity index (χ1v) is 8.42. The standard InChI is InChI=1S/C20H21N5O2/c1-27-17-8-4-15(5-9-17)13-22-18(21)10-11-19-23-20(25-24-19)12-14-2-6-16(26)7-3-14/h2-11,26H,12-13H2,1H3,(H2,21,22)(H,23,24,25)/b11-10-. The zero-order valence-electron chi connectivity index (χ0n) is 15.0. The molecule has 0 aliphatic heterocycles. The minimum absolute atomic E-state index is 0.240. The lowest BCUT2D eigenvalue weighted by Crippen LogP contribution is -2.08. The van der Waals surface area contributed by atoms with E-state index in [0.29, 0.717) is 24.6 Å². The van der Waals surface area contributed by atoms with Crippen LogP contribution in [0.25, 0.3) is 6.08 Å². The molecule has 7 nitrogen and oxygen atoms in total. The minimum Gasteiger partial charge on any atom is -0.508 e. The Morgan fingerprint density at radius 3 is 2.56 bits per heavy atom. The van der Waals surface area contributed by atoms with Gasteiger partial charge in [0.1, 0.15) is 23.2 Å². The summed E-state index contributed by atoms with van der Waals surface area (Å²) in [6.45, 7) is 0.486. The second-order valence-electron chi connectivity index (χ2n) is 5.91. The Hall–Kier alpha value is -3.61. The summed E-state index contributed by atoms with van der Waals surface area (Å²) in [5.74, 6) is 2.71. The smallest absolute Gasteiger partial charge is 0.174 e. The average molecular weight is 363 g/mol. The summed E-state index contributed by atoms with van der Waals surface area (Å²) >= 11 is 0. The number of hydrogen-bond acceptors (Lipinski definition) is 5. The van der Waals surface area contributed by atoms with Gasteiger partial charge in [0.05, 0.1) is 13.7 Å². The number of amidine groups is 1. The second-order valence-corrected chi connectivity index (χ2v) is 5.91. The molecule has 1 aromatic heterocycles. The molecule has 4 N–H and O–H groups in total. The van der Waals surface area contributed by atoms with E-state index in [2.05, 4.69) is 20.2 Å². The van der Waals surface area contributed by atoms with Gasteiger partial charge in [-0.05, 0) is 47.5 Å². The molecule has 0 amide bonds. The Kier molecular flexibility index (Phi) is 5.84. The van der Waals surface area contributed by atoms with Crippen molar-refractivity contribution in [1.29, 1.82) is 0 Å². The van der Waals surface area contributed by atoms with E-state index in [4.69, 9.17) is 10.5 Å². The molecule has 0 aliphatic rings. The van der Waals surface area contributed by atoms with Crippen LogP contribution in [-0.2, 0) is 13.0 Å². The van der Waals surface area contributed by atoms with Crippen molar-refractivity contribution >= 4 is 11.9 Å². The van der Waals surface area contributed by atoms with Gasteiger partial charge in [-0.25, -0.2) is 4.98 Å². The van der Waals surface area contributed by atoms with Gasteiger partial charge in [-0.1, -0.05) is 24.3 Å². The van der Waals surface area contributed by atoms with E-state index in [9.17, 15) is 5.11 Å². The van der Waals surface area contributed by atoms with Crippen molar-refractivity contribution in [1.82, 2.24) is 15.2 Å². The second kappa shape index (κ2) is 8.66. The number of aromatic hydroxyl groups is 1. The number of nitrogens with one attached hydrogen (secondary N) is 1. The summed E-state index contributed by atoms with van der Waals surface area (Å²) in [6.07, 6.45) is 3.99. The van der Waals surface area contributed by atoms with Gasteiger partial charge in [-0.3, -0.25) is 10.1 Å². The molecule has 27 heavy (non-hydrogen) atoms. The number of benzene rings is 2. The maximum Gasteiger partial charge on any atom is 0.174 e. The minimum atomic E-state index is 0.240. The lowest BCUT2D eigenvalue weighted by molar-refractivity contribution is 0.414. The SMILES string of the molecule is COc1ccc(CN=C(N)/C=C\c2n[nH]c(Cc3ccc(O)cc3)n2)cc1. The summed E-state index contributed by atoms with van der Waals surface area (Å²) in [4.78, 5) is 8.72. The van der Waals surface area contributed by atoms with E-state index in [1.165, 1.54) is 0 Å². The van der Waals surface area contributed by atoms with E-state index in [0.717, 1.165) is 22.7 Å². The van der Waals surface area contributed by atoms with Crippen molar-refractivity contribution in [3.63, 3.8) is 0 Å². The van der Waals surface area contributed by atoms with Gasteiger partial charge in [0.25, 0.3) is 0 Å². The van der Waals surface area contributed by atoms with E-state index in [1.807, 2.05) is 36.4 Å². The number of ether oxygens (including phenoxy) is 1. The van der Waals surface area contributed by atoms with Gasteiger partial charge in [0.15, 0.2) is 5.82 Å². The van der Waals surface area contributed by atoms with Gasteiger partial charge in [0, 0.05) is 6.42 Å². The van der Waals surface area contributed by atoms with Crippen LogP contribution in [0, 0.1) is 0 Å². The lowest BCUT2D eigenvalue weighted by Gasteiger charge is -2.01. The number of H-pyrrole nitrogens is 1. The normalized spacial score (nSPS) is 11.8. The Balaban J connectivity index is 1.56. The van der Waals surface area contributed by atoms with Crippen LogP contribution < -0.4 is 10.5 Å². The van der Waals surface area contributed by atoms with E-state index in [-0.39, 0.29) is 5.75 Å². The molecule has 0 unspecified atom stereocenters. The van der Waals surface area contributed by atoms with Crippen LogP contribution in [0.2, 0.25) is 0 Å². The van der Waals surface area contributed by atoms with E-state index < -0.39 is 0 Å². The summed E-state index contributed by atoms with van der Waals surface area (Å²) in [6, 6.07) is 14.7. The third kappa shape index (κ3) is 5.43. The molecule has 0 radical (unpaired) electrons. The first-order valence-electron chi connectivity index (χ1n) is 8.42. The molecule has 0 spiro atoms. The molecule has 0 atom stereocenters. The van der Waals surface area contributed by atoms with Crippen molar-refractivity contribution in [3.05, 3.63) is 77.4 Å². The van der Waals surface area contributed by atoms with Gasteiger partial charge in [-0.2, -0.15) is 5.10 Å². The fourth-order valence-corrected chi connectivity index (χ4v) is 2.40. The lowest BCUT2D eigenvalue weighted by atomic mass is 10.1. The monoisotopic (exact) mass is 363 g/mol. The van der Waals surface area contributed by atoms with Crippen LogP contribution in [0.1, 0.15) is 22.8 Å². The van der Waals surface area contributed by atoms with Crippen molar-refractivity contribution < 1.29 is 9.84 Å². The molecule has 0 fully saturated rings. The maximum atomic E-state index is 9.32. The topological polar surface area (TPSA) is 109 Å². The molecule has 0 saturated carbocycles. The zero-order chi connectivity index (χ0) is 19.1. The number of phenolic OH excluding ortho intramolecular Hbond substituents is 1. The zero-order valence-corrected chi connectivity index (χ0v) is 15.0. The van der Waals surface area contributed by atoms with Crippen LogP contribution in [0.4, 0.5) is 0 Å². The first kappa shape index (κ1) is 18.2. The van der Waals surface area contributed by atoms with Crippen LogP contribution in [0.3, 0.4) is 0 Å². The average Bonchev–Trinajstić information content (AvgIpc) is 3.14. The number of aromatic amines is 1. The van der Waals surface area contributed by atoms with Crippen LogP contribution in [0.15, 0.2) is 59.6 Å². The number of phenols is 1. The van der Waals surface area contributed by atoms with Gasteiger partial charge in [0.2, 0.25) is 0 Å². The third-order valence-electron chi connectivity index (χ3n) is 3.86. The van der Waals surface area contributed by atoms with Crippen molar-refractivity contribution in [2.75, 3.05) is 7.11 Å². The first-order chi connectivity index (χ1) is 13.1. The molecular formula is C20H21N5O2. The van der Waals surface area contributed by atoms with Crippen molar-refractivity contribution in [2.45, 2.75) is 13.0 Å². The highest BCUT2D eigenvalue weighted by atomic mass is 16.5. The number of nitrogens with two attached hydrogens (primary N) is 1. The quantitative estimate of drug-likeness (QED) is 0.442. The number of nitrogens with zero attached hydrogens (tertiary/aromatic N) is 3. The maximum absolute atomic E-state index is 9.32. The summed E-state index contributed by atoms with van der Waals surface area (Å²) in [5, 5.41) is 16.4. The molecular weight excluding hydrogens is 342 g/mol. The van der Waals surface area contributed by atoms with Crippen LogP contribution in [-0.4, -0.2) is 33.2 Å². The Morgan fingerprint density at radius 1 is 1.15 bits per heavy atom. The number of hydrogen-bond donors (Lipinski definition) is 3. The van der Waals surface area contributed by atoms with Crippen molar-refractivity contribution in [3.8, 4) is 11.5 Å². The Labute approximate surface area is 157 Å². The molecule has 2 aromatic carbocycles. The third-order valence-corrected chi connectivity index (χ3v) is 3.86. The van der Waals surface area contributed by atoms with Crippen LogP contribution in [0.5, 0.6) is 11.5 Å². The van der Waals surface area contributed by atoms with E-state index >= 15 is 0 Å². The van der Waals surface area contributed by atoms with Crippen LogP contribution >= 0.6 is 0 Å². The molecule has 3 aromatic rings. The molecule has 1 heterocycles. The highest BCUT2D eigenvalue weighted by molar-refractivity contribution is 5.94. The van der Waals surface area contributed by atoms with E-state index in [1.54, 1.807) is 31.4 Å². The highest BCUT2D eigenvalue weighted by Crippen LogP contribution is 2.13. The van der Waals surface area contributed by atoms with Crippen molar-refractivity contribution in [2.24, 2.45) is 10.7 Å². The largest absolute Gasteiger partial charge is 0.508 e. The van der Waals surface area contributed by atoms with Gasteiger partial charge < -0.3 is 15.6 Å². The van der Waals surface area contributed by atoms with Gasteiger partial charge in [-0.15, -0.1) is 0 Å². The predicted molar refractivity (Wildman–Crippen MR) is 105 cm³/mol. The fourth-order valence-electron chi connectivity index (χ4n) is 2.40. The molecule has 0 aliphatic carbocycles. The predicted octanol–water partition coefficient (Wildman–Crippen LogP) is 2.68. The number of rotatable bonds is 7. The molecule has 3 rings (SSSR count). The van der Waals surface area contributed by atoms with Gasteiger partial charge >= 0.3 is 0 Å². The number of aromatic nitrogens is 3. The highest BCUT2D eigenvalue weighted by Gasteiger charge is 2.02. The Morgan fingerprint density at radius 2 is 1.85 bits per heavy atom. The summed E-state index contributed by atoms with van der Waals surface area (Å²) in [7, 11) is 1.63. The summed E-state index contributed by atoms with van der Waals surface area (Å²) < 4.78 is 5.13. The molecule has 138 valence electrons. The number of methoxy groups -OCH3 is 1. The Bertz CT molecular complexity index is 928.